The van der Waals surface area contributed by atoms with Gasteiger partial charge in [0.25, 0.3) is 5.91 Å². The third-order valence-electron chi connectivity index (χ3n) is 7.24. The first kappa shape index (κ1) is 23.4. The third-order valence-corrected chi connectivity index (χ3v) is 7.24. The Morgan fingerprint density at radius 2 is 1.73 bits per heavy atom. The first-order chi connectivity index (χ1) is 18.2. The second-order valence-corrected chi connectivity index (χ2v) is 9.74. The van der Waals surface area contributed by atoms with Crippen molar-refractivity contribution >= 4 is 5.91 Å². The van der Waals surface area contributed by atoms with Crippen molar-refractivity contribution in [3.05, 3.63) is 101 Å². The quantitative estimate of drug-likeness (QED) is 0.357. The summed E-state index contributed by atoms with van der Waals surface area (Å²) in [5, 5.41) is 11.8. The third kappa shape index (κ3) is 5.27. The number of ether oxygens (including phenoxy) is 1. The fraction of sp³-hybridized carbons (Fsp3) is 0.300. The van der Waals surface area contributed by atoms with Crippen molar-refractivity contribution in [3.8, 4) is 16.9 Å². The number of nitrogens with zero attached hydrogens (tertiary/aromatic N) is 4. The number of carbonyl (C=O) groups excluding carboxylic acids is 1. The summed E-state index contributed by atoms with van der Waals surface area (Å²) in [6.45, 7) is 4.23. The monoisotopic (exact) mass is 493 g/mol. The highest BCUT2D eigenvalue weighted by Gasteiger charge is 2.21. The van der Waals surface area contributed by atoms with Gasteiger partial charge in [-0.15, -0.1) is 10.2 Å². The second-order valence-electron chi connectivity index (χ2n) is 9.74. The molecule has 37 heavy (non-hydrogen) atoms. The molecule has 7 heteroatoms. The number of nitrogens with one attached hydrogen (secondary N) is 1. The minimum Gasteiger partial charge on any atom is -0.484 e. The molecule has 0 unspecified atom stereocenters. The molecule has 0 bridgehead atoms. The maximum absolute atomic E-state index is 12.2. The minimum atomic E-state index is -0.136. The standard InChI is InChI=1S/C30H31N5O2/c36-30(21-37-25-7-2-1-3-8-25)31-14-12-28-32-33-29-13-15-34(16-17-35(28)29)20-22-10-11-27-24(18-22)19-23-6-4-5-9-26(23)27/h1-11,18H,12-17,19-21H2,(H,31,36). The van der Waals surface area contributed by atoms with E-state index in [1.54, 1.807) is 0 Å². The Hall–Kier alpha value is -3.97. The number of aromatic nitrogens is 3. The van der Waals surface area contributed by atoms with Gasteiger partial charge < -0.3 is 14.6 Å². The summed E-state index contributed by atoms with van der Waals surface area (Å²) in [6, 6.07) is 25.0. The number of rotatable bonds is 8. The highest BCUT2D eigenvalue weighted by atomic mass is 16.5. The molecular weight excluding hydrogens is 462 g/mol. The largest absolute Gasteiger partial charge is 0.484 e. The summed E-state index contributed by atoms with van der Waals surface area (Å²) in [4.78, 5) is 14.7. The zero-order valence-corrected chi connectivity index (χ0v) is 20.9. The van der Waals surface area contributed by atoms with E-state index in [-0.39, 0.29) is 12.5 Å². The molecule has 6 rings (SSSR count). The highest BCUT2D eigenvalue weighted by molar-refractivity contribution is 5.77. The van der Waals surface area contributed by atoms with Crippen LogP contribution in [0.25, 0.3) is 11.1 Å². The molecule has 3 aromatic carbocycles. The second kappa shape index (κ2) is 10.6. The number of hydrogen-bond acceptors (Lipinski definition) is 5. The first-order valence-electron chi connectivity index (χ1n) is 13.0. The van der Waals surface area contributed by atoms with Gasteiger partial charge in [-0.25, -0.2) is 0 Å². The molecule has 1 amide bonds. The van der Waals surface area contributed by atoms with Gasteiger partial charge in [0.15, 0.2) is 6.61 Å². The van der Waals surface area contributed by atoms with Gasteiger partial charge in [0.2, 0.25) is 0 Å². The molecule has 1 aliphatic carbocycles. The Labute approximate surface area is 217 Å². The fourth-order valence-electron chi connectivity index (χ4n) is 5.36. The molecule has 4 aromatic rings. The van der Waals surface area contributed by atoms with Crippen LogP contribution in [-0.4, -0.2) is 51.8 Å². The van der Waals surface area contributed by atoms with E-state index in [1.807, 2.05) is 30.3 Å². The van der Waals surface area contributed by atoms with Gasteiger partial charge in [-0.1, -0.05) is 60.7 Å². The lowest BCUT2D eigenvalue weighted by atomic mass is 10.0. The number of amides is 1. The van der Waals surface area contributed by atoms with Crippen LogP contribution in [0.4, 0.5) is 0 Å². The van der Waals surface area contributed by atoms with Crippen molar-refractivity contribution < 1.29 is 9.53 Å². The lowest BCUT2D eigenvalue weighted by Crippen LogP contribution is -2.31. The van der Waals surface area contributed by atoms with Gasteiger partial charge in [-0.2, -0.15) is 0 Å². The number of benzene rings is 3. The normalized spacial score (nSPS) is 14.4. The van der Waals surface area contributed by atoms with Crippen LogP contribution in [0.15, 0.2) is 72.8 Å². The number of fused-ring (bicyclic) bond motifs is 4. The topological polar surface area (TPSA) is 72.3 Å². The molecular formula is C30H31N5O2. The number of hydrogen-bond donors (Lipinski definition) is 1. The first-order valence-corrected chi connectivity index (χ1v) is 13.0. The smallest absolute Gasteiger partial charge is 0.257 e. The Morgan fingerprint density at radius 1 is 0.892 bits per heavy atom. The molecule has 0 fully saturated rings. The molecule has 1 aliphatic heterocycles. The van der Waals surface area contributed by atoms with Crippen LogP contribution < -0.4 is 10.1 Å². The molecule has 0 saturated carbocycles. The van der Waals surface area contributed by atoms with Crippen LogP contribution in [0.3, 0.4) is 0 Å². The summed E-state index contributed by atoms with van der Waals surface area (Å²) in [6.07, 6.45) is 2.55. The summed E-state index contributed by atoms with van der Waals surface area (Å²) in [7, 11) is 0. The highest BCUT2D eigenvalue weighted by Crippen LogP contribution is 2.36. The lowest BCUT2D eigenvalue weighted by Gasteiger charge is -2.20. The van der Waals surface area contributed by atoms with Gasteiger partial charge in [-0.3, -0.25) is 9.69 Å². The van der Waals surface area contributed by atoms with E-state index < -0.39 is 0 Å². The van der Waals surface area contributed by atoms with Crippen molar-refractivity contribution in [1.29, 1.82) is 0 Å². The predicted octanol–water partition coefficient (Wildman–Crippen LogP) is 3.65. The van der Waals surface area contributed by atoms with Crippen LogP contribution >= 0.6 is 0 Å². The van der Waals surface area contributed by atoms with Crippen LogP contribution in [0, 0.1) is 0 Å². The summed E-state index contributed by atoms with van der Waals surface area (Å²) >= 11 is 0. The molecule has 7 nitrogen and oxygen atoms in total. The molecule has 0 spiro atoms. The molecule has 0 saturated heterocycles. The number of carbonyl (C=O) groups is 1. The average Bonchev–Trinajstić information content (AvgIpc) is 3.43. The van der Waals surface area contributed by atoms with Crippen LogP contribution in [-0.2, 0) is 37.1 Å². The summed E-state index contributed by atoms with van der Waals surface area (Å²) in [5.74, 6) is 2.51. The maximum Gasteiger partial charge on any atom is 0.257 e. The van der Waals surface area contributed by atoms with Crippen molar-refractivity contribution in [1.82, 2.24) is 25.0 Å². The molecule has 0 atom stereocenters. The van der Waals surface area contributed by atoms with Crippen molar-refractivity contribution in [3.63, 3.8) is 0 Å². The minimum absolute atomic E-state index is 0.00565. The fourth-order valence-corrected chi connectivity index (χ4v) is 5.36. The van der Waals surface area contributed by atoms with Gasteiger partial charge in [-0.05, 0) is 46.4 Å². The molecule has 0 radical (unpaired) electrons. The van der Waals surface area contributed by atoms with E-state index in [1.165, 1.54) is 27.8 Å². The molecule has 2 aliphatic rings. The average molecular weight is 494 g/mol. The Morgan fingerprint density at radius 3 is 2.65 bits per heavy atom. The number of para-hydroxylation sites is 1. The van der Waals surface area contributed by atoms with Crippen molar-refractivity contribution in [2.75, 3.05) is 26.2 Å². The van der Waals surface area contributed by atoms with E-state index in [2.05, 4.69) is 67.4 Å². The molecule has 2 heterocycles. The Kier molecular flexibility index (Phi) is 6.69. The Balaban J connectivity index is 1.00. The van der Waals surface area contributed by atoms with Crippen molar-refractivity contribution in [2.24, 2.45) is 0 Å². The van der Waals surface area contributed by atoms with Crippen LogP contribution in [0.2, 0.25) is 0 Å². The predicted molar refractivity (Wildman–Crippen MR) is 142 cm³/mol. The summed E-state index contributed by atoms with van der Waals surface area (Å²) in [5.41, 5.74) is 6.98. The van der Waals surface area contributed by atoms with Gasteiger partial charge in [0.1, 0.15) is 17.4 Å². The zero-order valence-electron chi connectivity index (χ0n) is 20.9. The lowest BCUT2D eigenvalue weighted by molar-refractivity contribution is -0.123. The maximum atomic E-state index is 12.2. The zero-order chi connectivity index (χ0) is 25.0. The molecule has 188 valence electrons. The van der Waals surface area contributed by atoms with Gasteiger partial charge in [0, 0.05) is 45.6 Å². The van der Waals surface area contributed by atoms with Crippen molar-refractivity contribution in [2.45, 2.75) is 32.4 Å². The van der Waals surface area contributed by atoms with E-state index in [0.29, 0.717) is 18.7 Å². The van der Waals surface area contributed by atoms with E-state index in [4.69, 9.17) is 4.74 Å². The molecule has 1 N–H and O–H groups in total. The Bertz CT molecular complexity index is 1400. The van der Waals surface area contributed by atoms with Gasteiger partial charge in [0.05, 0.1) is 0 Å². The summed E-state index contributed by atoms with van der Waals surface area (Å²) < 4.78 is 7.74. The van der Waals surface area contributed by atoms with Gasteiger partial charge >= 0.3 is 0 Å². The van der Waals surface area contributed by atoms with E-state index in [9.17, 15) is 4.79 Å². The van der Waals surface area contributed by atoms with E-state index >= 15 is 0 Å². The van der Waals surface area contributed by atoms with E-state index in [0.717, 1.165) is 50.7 Å². The molecule has 1 aromatic heterocycles. The SMILES string of the molecule is O=C(COc1ccccc1)NCCc1nnc2n1CCN(Cc1ccc3c(c1)Cc1ccccc1-3)CC2. The van der Waals surface area contributed by atoms with Crippen LogP contribution in [0.1, 0.15) is 28.3 Å². The van der Waals surface area contributed by atoms with Crippen LogP contribution in [0.5, 0.6) is 5.75 Å².